The molecule has 0 saturated heterocycles. The predicted molar refractivity (Wildman–Crippen MR) is 105 cm³/mol. The van der Waals surface area contributed by atoms with Crippen molar-refractivity contribution in [2.45, 2.75) is 32.1 Å². The summed E-state index contributed by atoms with van der Waals surface area (Å²) in [6, 6.07) is 11.9. The third-order valence-corrected chi connectivity index (χ3v) is 4.90. The lowest BCUT2D eigenvalue weighted by atomic mass is 9.91. The van der Waals surface area contributed by atoms with Crippen molar-refractivity contribution in [2.75, 3.05) is 27.4 Å². The number of hydrogen-bond donors (Lipinski definition) is 1. The Labute approximate surface area is 160 Å². The van der Waals surface area contributed by atoms with Gasteiger partial charge in [-0.1, -0.05) is 18.2 Å². The number of methoxy groups -OCH3 is 2. The molecular formula is C22H27NO4. The van der Waals surface area contributed by atoms with Crippen LogP contribution in [0.3, 0.4) is 0 Å². The number of benzene rings is 2. The number of carbonyl (C=O) groups is 1. The predicted octanol–water partition coefficient (Wildman–Crippen LogP) is 3.32. The molecule has 5 heteroatoms. The number of amides is 1. The van der Waals surface area contributed by atoms with Gasteiger partial charge in [-0.15, -0.1) is 0 Å². The lowest BCUT2D eigenvalue weighted by molar-refractivity contribution is -0.123. The molecule has 0 atom stereocenters. The second-order valence-corrected chi connectivity index (χ2v) is 6.68. The topological polar surface area (TPSA) is 56.8 Å². The molecule has 1 aliphatic carbocycles. The van der Waals surface area contributed by atoms with Crippen molar-refractivity contribution in [2.24, 2.45) is 0 Å². The molecule has 0 spiro atoms. The van der Waals surface area contributed by atoms with Gasteiger partial charge >= 0.3 is 0 Å². The molecule has 0 saturated carbocycles. The number of carbonyl (C=O) groups excluding carboxylic acids is 1. The van der Waals surface area contributed by atoms with Gasteiger partial charge in [0.15, 0.2) is 18.1 Å². The number of rotatable bonds is 8. The first-order valence-corrected chi connectivity index (χ1v) is 9.42. The lowest BCUT2D eigenvalue weighted by Gasteiger charge is -2.19. The maximum Gasteiger partial charge on any atom is 0.257 e. The van der Waals surface area contributed by atoms with Gasteiger partial charge in [0.2, 0.25) is 0 Å². The average Bonchev–Trinajstić information content (AvgIpc) is 2.72. The fraction of sp³-hybridized carbons (Fsp3) is 0.409. The highest BCUT2D eigenvalue weighted by molar-refractivity contribution is 5.77. The second-order valence-electron chi connectivity index (χ2n) is 6.68. The summed E-state index contributed by atoms with van der Waals surface area (Å²) >= 11 is 0. The summed E-state index contributed by atoms with van der Waals surface area (Å²) in [5, 5.41) is 2.91. The molecule has 1 aliphatic rings. The van der Waals surface area contributed by atoms with E-state index in [4.69, 9.17) is 14.2 Å². The molecule has 5 nitrogen and oxygen atoms in total. The normalized spacial score (nSPS) is 12.8. The molecule has 0 radical (unpaired) electrons. The van der Waals surface area contributed by atoms with E-state index in [2.05, 4.69) is 11.4 Å². The zero-order valence-electron chi connectivity index (χ0n) is 16.0. The Balaban J connectivity index is 1.47. The van der Waals surface area contributed by atoms with Gasteiger partial charge in [0.25, 0.3) is 5.91 Å². The van der Waals surface area contributed by atoms with E-state index in [0.29, 0.717) is 24.5 Å². The Bertz CT molecular complexity index is 788. The van der Waals surface area contributed by atoms with E-state index >= 15 is 0 Å². The van der Waals surface area contributed by atoms with E-state index in [1.807, 2.05) is 30.3 Å². The molecule has 2 aromatic rings. The van der Waals surface area contributed by atoms with Crippen molar-refractivity contribution in [3.8, 4) is 17.2 Å². The third kappa shape index (κ3) is 4.94. The van der Waals surface area contributed by atoms with E-state index < -0.39 is 0 Å². The second kappa shape index (κ2) is 9.31. The first-order valence-electron chi connectivity index (χ1n) is 9.42. The third-order valence-electron chi connectivity index (χ3n) is 4.90. The van der Waals surface area contributed by atoms with Gasteiger partial charge in [-0.2, -0.15) is 0 Å². The van der Waals surface area contributed by atoms with Crippen LogP contribution in [0.25, 0.3) is 0 Å². The van der Waals surface area contributed by atoms with Crippen LogP contribution in [0.15, 0.2) is 36.4 Å². The molecule has 0 aromatic heterocycles. The molecule has 144 valence electrons. The molecule has 2 aromatic carbocycles. The summed E-state index contributed by atoms with van der Waals surface area (Å²) in [4.78, 5) is 12.1. The Morgan fingerprint density at radius 1 is 1.00 bits per heavy atom. The minimum Gasteiger partial charge on any atom is -0.493 e. The highest BCUT2D eigenvalue weighted by atomic mass is 16.5. The first kappa shape index (κ1) is 19.1. The first-order chi connectivity index (χ1) is 13.2. The minimum atomic E-state index is -0.108. The zero-order valence-corrected chi connectivity index (χ0v) is 16.0. The van der Waals surface area contributed by atoms with E-state index in [9.17, 15) is 4.79 Å². The molecule has 1 amide bonds. The van der Waals surface area contributed by atoms with Gasteiger partial charge in [-0.25, -0.2) is 0 Å². The summed E-state index contributed by atoms with van der Waals surface area (Å²) in [6.07, 6.45) is 5.27. The Morgan fingerprint density at radius 2 is 1.81 bits per heavy atom. The van der Waals surface area contributed by atoms with Crippen LogP contribution in [-0.4, -0.2) is 33.3 Å². The van der Waals surface area contributed by atoms with Gasteiger partial charge in [-0.3, -0.25) is 4.79 Å². The summed E-state index contributed by atoms with van der Waals surface area (Å²) < 4.78 is 16.3. The number of ether oxygens (including phenoxy) is 3. The standard InChI is InChI=1S/C22H27NO4/c1-25-20-11-10-16(14-21(20)26-2)12-13-23-22(24)15-27-19-9-5-7-17-6-3-4-8-18(17)19/h5,7,9-11,14H,3-4,6,8,12-13,15H2,1-2H3,(H,23,24). The Morgan fingerprint density at radius 3 is 2.63 bits per heavy atom. The molecule has 0 heterocycles. The largest absolute Gasteiger partial charge is 0.493 e. The monoisotopic (exact) mass is 369 g/mol. The molecule has 0 unspecified atom stereocenters. The summed E-state index contributed by atoms with van der Waals surface area (Å²) in [7, 11) is 3.23. The van der Waals surface area contributed by atoms with Crippen LogP contribution in [0.2, 0.25) is 0 Å². The van der Waals surface area contributed by atoms with Crippen LogP contribution < -0.4 is 19.5 Å². The van der Waals surface area contributed by atoms with Crippen molar-refractivity contribution < 1.29 is 19.0 Å². The zero-order chi connectivity index (χ0) is 19.1. The summed E-state index contributed by atoms with van der Waals surface area (Å²) in [5.74, 6) is 2.13. The number of fused-ring (bicyclic) bond motifs is 1. The molecule has 1 N–H and O–H groups in total. The maximum absolute atomic E-state index is 12.1. The number of hydrogen-bond acceptors (Lipinski definition) is 4. The van der Waals surface area contributed by atoms with Gasteiger partial charge in [0, 0.05) is 6.54 Å². The van der Waals surface area contributed by atoms with Crippen LogP contribution in [0.4, 0.5) is 0 Å². The fourth-order valence-electron chi connectivity index (χ4n) is 3.46. The molecule has 27 heavy (non-hydrogen) atoms. The molecular weight excluding hydrogens is 342 g/mol. The molecule has 0 aliphatic heterocycles. The van der Waals surface area contributed by atoms with E-state index in [-0.39, 0.29) is 12.5 Å². The quantitative estimate of drug-likeness (QED) is 0.776. The number of aryl methyl sites for hydroxylation is 1. The lowest BCUT2D eigenvalue weighted by Crippen LogP contribution is -2.30. The van der Waals surface area contributed by atoms with Crippen LogP contribution in [-0.2, 0) is 24.1 Å². The van der Waals surface area contributed by atoms with E-state index in [1.54, 1.807) is 14.2 Å². The van der Waals surface area contributed by atoms with Gasteiger partial charge in [0.1, 0.15) is 5.75 Å². The van der Waals surface area contributed by atoms with Crippen molar-refractivity contribution in [1.82, 2.24) is 5.32 Å². The molecule has 0 bridgehead atoms. The highest BCUT2D eigenvalue weighted by Gasteiger charge is 2.14. The average molecular weight is 369 g/mol. The maximum atomic E-state index is 12.1. The van der Waals surface area contributed by atoms with Gasteiger partial charge < -0.3 is 19.5 Å². The highest BCUT2D eigenvalue weighted by Crippen LogP contribution is 2.29. The van der Waals surface area contributed by atoms with E-state index in [1.165, 1.54) is 24.0 Å². The van der Waals surface area contributed by atoms with Crippen molar-refractivity contribution in [3.05, 3.63) is 53.1 Å². The Kier molecular flexibility index (Phi) is 6.58. The van der Waals surface area contributed by atoms with Crippen molar-refractivity contribution in [1.29, 1.82) is 0 Å². The summed E-state index contributed by atoms with van der Waals surface area (Å²) in [5.41, 5.74) is 3.69. The Hall–Kier alpha value is -2.69. The van der Waals surface area contributed by atoms with E-state index in [0.717, 1.165) is 24.2 Å². The summed E-state index contributed by atoms with van der Waals surface area (Å²) in [6.45, 7) is 0.590. The fourth-order valence-corrected chi connectivity index (χ4v) is 3.46. The van der Waals surface area contributed by atoms with Crippen LogP contribution in [0.1, 0.15) is 29.5 Å². The molecule has 0 fully saturated rings. The molecule has 3 rings (SSSR count). The van der Waals surface area contributed by atoms with Crippen LogP contribution in [0.5, 0.6) is 17.2 Å². The van der Waals surface area contributed by atoms with Crippen molar-refractivity contribution in [3.63, 3.8) is 0 Å². The van der Waals surface area contributed by atoms with Gasteiger partial charge in [0.05, 0.1) is 14.2 Å². The van der Waals surface area contributed by atoms with Crippen molar-refractivity contribution >= 4 is 5.91 Å². The smallest absolute Gasteiger partial charge is 0.257 e. The van der Waals surface area contributed by atoms with Gasteiger partial charge in [-0.05, 0) is 67.0 Å². The number of nitrogens with one attached hydrogen (secondary N) is 1. The van der Waals surface area contributed by atoms with Crippen LogP contribution in [0, 0.1) is 0 Å². The van der Waals surface area contributed by atoms with Crippen LogP contribution >= 0.6 is 0 Å². The SMILES string of the molecule is COc1ccc(CCNC(=O)COc2cccc3c2CCCC3)cc1OC. The minimum absolute atomic E-state index is 0.0440.